The molecule has 0 radical (unpaired) electrons. The summed E-state index contributed by atoms with van der Waals surface area (Å²) in [7, 11) is 0. The zero-order chi connectivity index (χ0) is 13.0. The van der Waals surface area contributed by atoms with E-state index in [2.05, 4.69) is 22.1 Å². The summed E-state index contributed by atoms with van der Waals surface area (Å²) < 4.78 is 14.2. The van der Waals surface area contributed by atoms with Crippen molar-refractivity contribution >= 4 is 26.7 Å². The number of nitrogens with zero attached hydrogens (tertiary/aromatic N) is 2. The molecule has 4 rings (SSSR count). The Bertz CT molecular complexity index is 641. The van der Waals surface area contributed by atoms with Gasteiger partial charge in [-0.2, -0.15) is 0 Å². The Morgan fingerprint density at radius 2 is 2.42 bits per heavy atom. The number of rotatable bonds is 1. The Morgan fingerprint density at radius 3 is 3.26 bits per heavy atom. The third kappa shape index (κ3) is 1.75. The molecule has 2 saturated heterocycles. The molecule has 2 aliphatic heterocycles. The van der Waals surface area contributed by atoms with Crippen molar-refractivity contribution in [3.05, 3.63) is 24.0 Å². The molecule has 19 heavy (non-hydrogen) atoms. The number of fused-ring (bicyclic) bond motifs is 2. The van der Waals surface area contributed by atoms with Crippen LogP contribution in [0.2, 0.25) is 0 Å². The lowest BCUT2D eigenvalue weighted by Crippen LogP contribution is -2.29. The molecule has 2 atom stereocenters. The lowest BCUT2D eigenvalue weighted by atomic mass is 9.83. The number of anilines is 1. The predicted octanol–water partition coefficient (Wildman–Crippen LogP) is 2.48. The Hall–Kier alpha value is -1.20. The molecular weight excluding hydrogens is 261 g/mol. The number of benzene rings is 1. The maximum Gasteiger partial charge on any atom is 0.186 e. The van der Waals surface area contributed by atoms with Gasteiger partial charge >= 0.3 is 0 Å². The van der Waals surface area contributed by atoms with E-state index >= 15 is 0 Å². The molecule has 1 aromatic heterocycles. The van der Waals surface area contributed by atoms with E-state index in [-0.39, 0.29) is 5.82 Å². The molecule has 2 aromatic rings. The first-order valence-corrected chi connectivity index (χ1v) is 7.47. The SMILES string of the molecule is C[C@]12CNC[C@H]1CN(c1nc3ccc(F)cc3s1)C2. The number of nitrogens with one attached hydrogen (secondary N) is 1. The maximum absolute atomic E-state index is 13.2. The monoisotopic (exact) mass is 277 g/mol. The van der Waals surface area contributed by atoms with Crippen LogP contribution < -0.4 is 10.2 Å². The van der Waals surface area contributed by atoms with Crippen molar-refractivity contribution in [1.82, 2.24) is 10.3 Å². The second kappa shape index (κ2) is 3.90. The molecule has 2 fully saturated rings. The van der Waals surface area contributed by atoms with E-state index in [1.165, 1.54) is 6.07 Å². The van der Waals surface area contributed by atoms with Crippen LogP contribution in [-0.4, -0.2) is 31.2 Å². The molecule has 1 N–H and O–H groups in total. The topological polar surface area (TPSA) is 28.2 Å². The fourth-order valence-electron chi connectivity index (χ4n) is 3.33. The molecule has 0 unspecified atom stereocenters. The van der Waals surface area contributed by atoms with Crippen LogP contribution in [0.3, 0.4) is 0 Å². The first-order valence-electron chi connectivity index (χ1n) is 6.66. The quantitative estimate of drug-likeness (QED) is 0.868. The summed E-state index contributed by atoms with van der Waals surface area (Å²) in [5, 5.41) is 4.52. The summed E-state index contributed by atoms with van der Waals surface area (Å²) in [4.78, 5) is 7.02. The summed E-state index contributed by atoms with van der Waals surface area (Å²) in [6, 6.07) is 4.83. The Kier molecular flexibility index (Phi) is 2.38. The van der Waals surface area contributed by atoms with Gasteiger partial charge < -0.3 is 10.2 Å². The fourth-order valence-corrected chi connectivity index (χ4v) is 4.33. The molecule has 5 heteroatoms. The van der Waals surface area contributed by atoms with Gasteiger partial charge in [-0.05, 0) is 24.1 Å². The van der Waals surface area contributed by atoms with Gasteiger partial charge in [0, 0.05) is 31.6 Å². The van der Waals surface area contributed by atoms with E-state index in [4.69, 9.17) is 0 Å². The second-order valence-electron chi connectivity index (χ2n) is 5.97. The molecule has 3 heterocycles. The van der Waals surface area contributed by atoms with Crippen molar-refractivity contribution in [2.24, 2.45) is 11.3 Å². The molecule has 0 bridgehead atoms. The van der Waals surface area contributed by atoms with Crippen LogP contribution in [0.15, 0.2) is 18.2 Å². The van der Waals surface area contributed by atoms with Gasteiger partial charge in [0.2, 0.25) is 0 Å². The number of hydrogen-bond donors (Lipinski definition) is 1. The number of hydrogen-bond acceptors (Lipinski definition) is 4. The molecule has 3 nitrogen and oxygen atoms in total. The Morgan fingerprint density at radius 1 is 1.53 bits per heavy atom. The van der Waals surface area contributed by atoms with Gasteiger partial charge in [0.25, 0.3) is 0 Å². The van der Waals surface area contributed by atoms with Crippen molar-refractivity contribution in [2.45, 2.75) is 6.92 Å². The van der Waals surface area contributed by atoms with E-state index < -0.39 is 0 Å². The third-order valence-corrected chi connectivity index (χ3v) is 5.59. The van der Waals surface area contributed by atoms with Crippen LogP contribution in [0.25, 0.3) is 10.2 Å². The van der Waals surface area contributed by atoms with Gasteiger partial charge in [0.1, 0.15) is 5.82 Å². The summed E-state index contributed by atoms with van der Waals surface area (Å²) in [5.74, 6) is 0.522. The summed E-state index contributed by atoms with van der Waals surface area (Å²) in [6.07, 6.45) is 0. The van der Waals surface area contributed by atoms with E-state index in [9.17, 15) is 4.39 Å². The summed E-state index contributed by atoms with van der Waals surface area (Å²) >= 11 is 1.60. The van der Waals surface area contributed by atoms with Gasteiger partial charge in [-0.1, -0.05) is 18.3 Å². The largest absolute Gasteiger partial charge is 0.347 e. The van der Waals surface area contributed by atoms with Crippen molar-refractivity contribution in [3.63, 3.8) is 0 Å². The molecule has 0 spiro atoms. The minimum absolute atomic E-state index is 0.183. The first-order chi connectivity index (χ1) is 9.14. The molecule has 1 aromatic carbocycles. The molecule has 2 aliphatic rings. The van der Waals surface area contributed by atoms with Crippen molar-refractivity contribution < 1.29 is 4.39 Å². The van der Waals surface area contributed by atoms with Gasteiger partial charge in [-0.15, -0.1) is 0 Å². The predicted molar refractivity (Wildman–Crippen MR) is 76.3 cm³/mol. The van der Waals surface area contributed by atoms with E-state index in [1.54, 1.807) is 23.5 Å². The van der Waals surface area contributed by atoms with Gasteiger partial charge in [0.15, 0.2) is 5.13 Å². The van der Waals surface area contributed by atoms with Gasteiger partial charge in [0.05, 0.1) is 10.2 Å². The normalized spacial score (nSPS) is 30.2. The van der Waals surface area contributed by atoms with Crippen LogP contribution >= 0.6 is 11.3 Å². The zero-order valence-electron chi connectivity index (χ0n) is 10.8. The lowest BCUT2D eigenvalue weighted by molar-refractivity contribution is 0.339. The highest BCUT2D eigenvalue weighted by atomic mass is 32.1. The van der Waals surface area contributed by atoms with Crippen LogP contribution in [0.5, 0.6) is 0 Å². The molecular formula is C14H16FN3S. The third-order valence-electron chi connectivity index (χ3n) is 4.51. The van der Waals surface area contributed by atoms with E-state index in [0.717, 1.165) is 41.5 Å². The van der Waals surface area contributed by atoms with Crippen LogP contribution in [0, 0.1) is 17.2 Å². The van der Waals surface area contributed by atoms with E-state index in [0.29, 0.717) is 11.3 Å². The highest BCUT2D eigenvalue weighted by Crippen LogP contribution is 2.42. The van der Waals surface area contributed by atoms with Crippen LogP contribution in [0.1, 0.15) is 6.92 Å². The average molecular weight is 277 g/mol. The number of halogens is 1. The minimum atomic E-state index is -0.183. The standard InChI is InChI=1S/C14H16FN3S/c1-14-7-16-5-9(14)6-18(8-14)13-17-11-3-2-10(15)4-12(11)19-13/h2-4,9,16H,5-8H2,1H3/t9-,14+/m0/s1. The maximum atomic E-state index is 13.2. The minimum Gasteiger partial charge on any atom is -0.347 e. The first kappa shape index (κ1) is 11.6. The van der Waals surface area contributed by atoms with Crippen molar-refractivity contribution in [1.29, 1.82) is 0 Å². The smallest absolute Gasteiger partial charge is 0.186 e. The molecule has 0 amide bonds. The molecule has 0 aliphatic carbocycles. The number of aromatic nitrogens is 1. The fraction of sp³-hybridized carbons (Fsp3) is 0.500. The summed E-state index contributed by atoms with van der Waals surface area (Å²) in [6.45, 7) is 6.66. The Balaban J connectivity index is 1.68. The Labute approximate surface area is 115 Å². The highest BCUT2D eigenvalue weighted by Gasteiger charge is 2.46. The van der Waals surface area contributed by atoms with Crippen LogP contribution in [-0.2, 0) is 0 Å². The van der Waals surface area contributed by atoms with E-state index in [1.807, 2.05) is 0 Å². The molecule has 100 valence electrons. The lowest BCUT2D eigenvalue weighted by Gasteiger charge is -2.21. The van der Waals surface area contributed by atoms with Crippen molar-refractivity contribution in [3.8, 4) is 0 Å². The second-order valence-corrected chi connectivity index (χ2v) is 6.98. The molecule has 0 saturated carbocycles. The van der Waals surface area contributed by atoms with Gasteiger partial charge in [-0.25, -0.2) is 9.37 Å². The van der Waals surface area contributed by atoms with Gasteiger partial charge in [-0.3, -0.25) is 0 Å². The highest BCUT2D eigenvalue weighted by molar-refractivity contribution is 7.22. The number of thiazole rings is 1. The average Bonchev–Trinajstić information content (AvgIpc) is 2.98. The zero-order valence-corrected chi connectivity index (χ0v) is 11.6. The van der Waals surface area contributed by atoms with Crippen molar-refractivity contribution in [2.75, 3.05) is 31.1 Å². The van der Waals surface area contributed by atoms with Crippen LogP contribution in [0.4, 0.5) is 9.52 Å². The summed E-state index contributed by atoms with van der Waals surface area (Å²) in [5.41, 5.74) is 1.27.